The molecule has 1 aromatic carbocycles. The van der Waals surface area contributed by atoms with Crippen LogP contribution in [0.4, 0.5) is 0 Å². The van der Waals surface area contributed by atoms with Crippen LogP contribution in [-0.4, -0.2) is 16.7 Å². The summed E-state index contributed by atoms with van der Waals surface area (Å²) in [4.78, 5) is 15.4. The first-order chi connectivity index (χ1) is 8.63. The molecule has 18 heavy (non-hydrogen) atoms. The highest BCUT2D eigenvalue weighted by molar-refractivity contribution is 5.91. The van der Waals surface area contributed by atoms with Crippen LogP contribution in [0.3, 0.4) is 0 Å². The van der Waals surface area contributed by atoms with Crippen molar-refractivity contribution in [2.24, 2.45) is 4.99 Å². The molecule has 0 saturated heterocycles. The number of allylic oxidation sites excluding steroid dienone is 1. The Balaban J connectivity index is 2.45. The molecule has 0 aliphatic carbocycles. The van der Waals surface area contributed by atoms with E-state index < -0.39 is 6.04 Å². The standard InChI is InChI=1S/C14H16N2O2/c1-3-13-14(16(17)18)12(9-10(2)15-13)11-7-5-4-6-8-11/h4-9,12,14H,3H2,1-2H3. The number of hydrogen-bond donors (Lipinski definition) is 0. The van der Waals surface area contributed by atoms with Gasteiger partial charge in [0.05, 0.1) is 11.6 Å². The second-order valence-corrected chi connectivity index (χ2v) is 4.43. The first-order valence-electron chi connectivity index (χ1n) is 6.07. The number of nitrogens with zero attached hydrogens (tertiary/aromatic N) is 2. The average Bonchev–Trinajstić information content (AvgIpc) is 2.38. The van der Waals surface area contributed by atoms with Gasteiger partial charge in [0.2, 0.25) is 0 Å². The van der Waals surface area contributed by atoms with Crippen molar-refractivity contribution in [3.8, 4) is 0 Å². The van der Waals surface area contributed by atoms with Crippen LogP contribution in [0.2, 0.25) is 0 Å². The van der Waals surface area contributed by atoms with E-state index in [0.29, 0.717) is 12.1 Å². The van der Waals surface area contributed by atoms with Gasteiger partial charge in [-0.05, 0) is 25.0 Å². The summed E-state index contributed by atoms with van der Waals surface area (Å²) in [5, 5.41) is 11.3. The van der Waals surface area contributed by atoms with Gasteiger partial charge in [-0.3, -0.25) is 15.1 Å². The van der Waals surface area contributed by atoms with Crippen molar-refractivity contribution in [3.63, 3.8) is 0 Å². The third-order valence-electron chi connectivity index (χ3n) is 3.20. The highest BCUT2D eigenvalue weighted by Gasteiger charge is 2.37. The topological polar surface area (TPSA) is 55.5 Å². The summed E-state index contributed by atoms with van der Waals surface area (Å²) in [7, 11) is 0. The Kier molecular flexibility index (Phi) is 3.55. The molecular weight excluding hydrogens is 228 g/mol. The number of rotatable bonds is 3. The van der Waals surface area contributed by atoms with E-state index in [1.165, 1.54) is 0 Å². The van der Waals surface area contributed by atoms with Crippen molar-refractivity contribution in [1.29, 1.82) is 0 Å². The lowest BCUT2D eigenvalue weighted by Crippen LogP contribution is -2.36. The van der Waals surface area contributed by atoms with E-state index in [1.54, 1.807) is 0 Å². The van der Waals surface area contributed by atoms with Crippen LogP contribution in [0.5, 0.6) is 0 Å². The third-order valence-corrected chi connectivity index (χ3v) is 3.20. The molecule has 0 spiro atoms. The normalized spacial score (nSPS) is 23.2. The minimum Gasteiger partial charge on any atom is -0.264 e. The molecular formula is C14H16N2O2. The summed E-state index contributed by atoms with van der Waals surface area (Å²) >= 11 is 0. The van der Waals surface area contributed by atoms with Gasteiger partial charge >= 0.3 is 0 Å². The summed E-state index contributed by atoms with van der Waals surface area (Å²) in [5.41, 5.74) is 2.49. The van der Waals surface area contributed by atoms with Gasteiger partial charge in [-0.1, -0.05) is 37.3 Å². The fourth-order valence-corrected chi connectivity index (χ4v) is 2.38. The molecule has 2 unspecified atom stereocenters. The molecule has 0 N–H and O–H groups in total. The highest BCUT2D eigenvalue weighted by atomic mass is 16.6. The zero-order valence-corrected chi connectivity index (χ0v) is 10.5. The number of hydrogen-bond acceptors (Lipinski definition) is 3. The van der Waals surface area contributed by atoms with Gasteiger partial charge in [0.1, 0.15) is 0 Å². The predicted octanol–water partition coefficient (Wildman–Crippen LogP) is 3.18. The molecule has 1 heterocycles. The third kappa shape index (κ3) is 2.32. The van der Waals surface area contributed by atoms with Crippen LogP contribution in [0.15, 0.2) is 47.1 Å². The van der Waals surface area contributed by atoms with Gasteiger partial charge in [-0.25, -0.2) is 0 Å². The summed E-state index contributed by atoms with van der Waals surface area (Å²) in [5.74, 6) is -0.214. The van der Waals surface area contributed by atoms with Gasteiger partial charge in [-0.2, -0.15) is 0 Å². The second-order valence-electron chi connectivity index (χ2n) is 4.43. The van der Waals surface area contributed by atoms with E-state index in [0.717, 1.165) is 11.3 Å². The first kappa shape index (κ1) is 12.5. The maximum absolute atomic E-state index is 11.3. The van der Waals surface area contributed by atoms with Crippen LogP contribution in [-0.2, 0) is 0 Å². The van der Waals surface area contributed by atoms with Gasteiger partial charge in [0.25, 0.3) is 6.04 Å². The number of nitro groups is 1. The summed E-state index contributed by atoms with van der Waals surface area (Å²) < 4.78 is 0. The van der Waals surface area contributed by atoms with Crippen LogP contribution in [0.1, 0.15) is 31.7 Å². The lowest BCUT2D eigenvalue weighted by atomic mass is 9.85. The molecule has 0 radical (unpaired) electrons. The van der Waals surface area contributed by atoms with Crippen molar-refractivity contribution < 1.29 is 4.92 Å². The molecule has 4 heteroatoms. The lowest BCUT2D eigenvalue weighted by Gasteiger charge is -2.23. The van der Waals surface area contributed by atoms with Crippen molar-refractivity contribution in [2.45, 2.75) is 32.2 Å². The van der Waals surface area contributed by atoms with Crippen LogP contribution in [0.25, 0.3) is 0 Å². The minimum absolute atomic E-state index is 0.214. The predicted molar refractivity (Wildman–Crippen MR) is 71.4 cm³/mol. The summed E-state index contributed by atoms with van der Waals surface area (Å²) in [6.07, 6.45) is 2.50. The van der Waals surface area contributed by atoms with Gasteiger partial charge in [0.15, 0.2) is 0 Å². The molecule has 2 rings (SSSR count). The van der Waals surface area contributed by atoms with Crippen LogP contribution >= 0.6 is 0 Å². The Morgan fingerprint density at radius 3 is 2.56 bits per heavy atom. The van der Waals surface area contributed by atoms with Gasteiger partial charge in [0, 0.05) is 10.6 Å². The molecule has 94 valence electrons. The van der Waals surface area contributed by atoms with Gasteiger partial charge < -0.3 is 0 Å². The zero-order chi connectivity index (χ0) is 13.1. The fraction of sp³-hybridized carbons (Fsp3) is 0.357. The van der Waals surface area contributed by atoms with E-state index >= 15 is 0 Å². The lowest BCUT2D eigenvalue weighted by molar-refractivity contribution is -0.505. The minimum atomic E-state index is -0.735. The van der Waals surface area contributed by atoms with Crippen LogP contribution in [0, 0.1) is 10.1 Å². The van der Waals surface area contributed by atoms with E-state index in [1.807, 2.05) is 50.3 Å². The smallest absolute Gasteiger partial charge is 0.261 e. The number of aliphatic imine (C=N–C) groups is 1. The average molecular weight is 244 g/mol. The van der Waals surface area contributed by atoms with Crippen molar-refractivity contribution in [3.05, 3.63) is 57.8 Å². The molecule has 0 saturated carbocycles. The molecule has 2 atom stereocenters. The van der Waals surface area contributed by atoms with E-state index in [-0.39, 0.29) is 10.8 Å². The highest BCUT2D eigenvalue weighted by Crippen LogP contribution is 2.30. The molecule has 0 bridgehead atoms. The van der Waals surface area contributed by atoms with Crippen molar-refractivity contribution in [1.82, 2.24) is 0 Å². The van der Waals surface area contributed by atoms with Gasteiger partial charge in [-0.15, -0.1) is 0 Å². The Bertz CT molecular complexity index is 506. The molecule has 4 nitrogen and oxygen atoms in total. The van der Waals surface area contributed by atoms with E-state index in [4.69, 9.17) is 0 Å². The molecule has 0 amide bonds. The monoisotopic (exact) mass is 244 g/mol. The van der Waals surface area contributed by atoms with Crippen LogP contribution < -0.4 is 0 Å². The Morgan fingerprint density at radius 1 is 1.33 bits per heavy atom. The molecule has 1 aromatic rings. The van der Waals surface area contributed by atoms with E-state index in [2.05, 4.69) is 4.99 Å². The first-order valence-corrected chi connectivity index (χ1v) is 6.07. The maximum atomic E-state index is 11.3. The number of benzene rings is 1. The fourth-order valence-electron chi connectivity index (χ4n) is 2.38. The summed E-state index contributed by atoms with van der Waals surface area (Å²) in [6.45, 7) is 3.80. The molecule has 0 fully saturated rings. The maximum Gasteiger partial charge on any atom is 0.261 e. The van der Waals surface area contributed by atoms with Crippen molar-refractivity contribution >= 4 is 5.71 Å². The second kappa shape index (κ2) is 5.12. The quantitative estimate of drug-likeness (QED) is 0.605. The molecule has 1 aliphatic heterocycles. The molecule has 0 aromatic heterocycles. The van der Waals surface area contributed by atoms with E-state index in [9.17, 15) is 10.1 Å². The largest absolute Gasteiger partial charge is 0.264 e. The molecule has 1 aliphatic rings. The van der Waals surface area contributed by atoms with Crippen molar-refractivity contribution in [2.75, 3.05) is 0 Å². The SMILES string of the molecule is CCC1=NC(C)=CC(c2ccccc2)C1[N+](=O)[O-]. The Labute approximate surface area is 106 Å². The summed E-state index contributed by atoms with van der Waals surface area (Å²) in [6, 6.07) is 8.87. The Morgan fingerprint density at radius 2 is 2.00 bits per heavy atom. The zero-order valence-electron chi connectivity index (χ0n) is 10.5. The Hall–Kier alpha value is -1.97.